The summed E-state index contributed by atoms with van der Waals surface area (Å²) in [5, 5.41) is 173. The number of ether oxygens (including phenoxy) is 9. The predicted octanol–water partition coefficient (Wildman–Crippen LogP) is -5.23. The molecule has 4 aliphatic carbocycles. The summed E-state index contributed by atoms with van der Waals surface area (Å²) in [4.78, 5) is 0. The molecule has 25 heteroatoms. The molecule has 32 atom stereocenters. The maximum absolute atomic E-state index is 12.7. The summed E-state index contributed by atoms with van der Waals surface area (Å²) in [6.07, 6.45) is -28.7. The molecule has 434 valence electrons. The van der Waals surface area contributed by atoms with Crippen LogP contribution in [0.3, 0.4) is 0 Å². The first kappa shape index (κ1) is 58.6. The molecule has 9 aliphatic rings. The van der Waals surface area contributed by atoms with Crippen LogP contribution in [0.1, 0.15) is 85.5 Å². The lowest BCUT2D eigenvalue weighted by molar-refractivity contribution is -0.380. The summed E-state index contributed by atoms with van der Waals surface area (Å²) in [5.41, 5.74) is -2.25. The van der Waals surface area contributed by atoms with Crippen LogP contribution in [0.15, 0.2) is 0 Å². The Morgan fingerprint density at radius 2 is 1.21 bits per heavy atom. The standard InChI is InChI=1S/C50H84O25/c1-19(17-67-43-38(62)35(59)33(57)28(14-51)70-43)5-10-50(66)20(2)31-26(75-50)11-23-21-6-9-49(65)13-27(24(54)12-48(49,4)22(21)7-8-47(23,31)3)69-45-39(63)36(60)41(30(16-53)72-45)73-46-40(64)42(34(58)29(15-52)71-46)74-44-37(61)32(56)25(55)18-68-44/h19-46,51-66H,5-18H2,1-4H3/t19?,20-,21+,22-,23-,24+,25+,26-,27+,28+,29+,30+,31-,32-,33+,34+,35-,36+,37+,38+,39+,40+,41-,42-,43+,44-,45+,46-,47-,48+,49+,50+/m0/s1. The fraction of sp³-hybridized carbons (Fsp3) is 1.00. The van der Waals surface area contributed by atoms with Gasteiger partial charge in [0.15, 0.2) is 30.9 Å². The molecule has 0 aromatic heterocycles. The Bertz CT molecular complexity index is 1910. The van der Waals surface area contributed by atoms with Crippen LogP contribution in [-0.2, 0) is 42.6 Å². The van der Waals surface area contributed by atoms with Crippen molar-refractivity contribution in [3.63, 3.8) is 0 Å². The fourth-order valence-electron chi connectivity index (χ4n) is 15.4. The molecule has 4 saturated carbocycles. The van der Waals surface area contributed by atoms with Crippen molar-refractivity contribution >= 4 is 0 Å². The van der Waals surface area contributed by atoms with Gasteiger partial charge in [-0.25, -0.2) is 0 Å². The minimum atomic E-state index is -1.93. The van der Waals surface area contributed by atoms with Gasteiger partial charge in [-0.15, -0.1) is 0 Å². The van der Waals surface area contributed by atoms with E-state index in [1.54, 1.807) is 0 Å². The second-order valence-corrected chi connectivity index (χ2v) is 24.1. The van der Waals surface area contributed by atoms with Gasteiger partial charge in [-0.05, 0) is 80.0 Å². The second kappa shape index (κ2) is 22.4. The lowest BCUT2D eigenvalue weighted by Crippen LogP contribution is -2.68. The van der Waals surface area contributed by atoms with E-state index in [4.69, 9.17) is 42.6 Å². The summed E-state index contributed by atoms with van der Waals surface area (Å²) >= 11 is 0. The average Bonchev–Trinajstić information content (AvgIpc) is 3.81. The minimum Gasteiger partial charge on any atom is -0.394 e. The Labute approximate surface area is 434 Å². The van der Waals surface area contributed by atoms with Crippen LogP contribution in [0.5, 0.6) is 0 Å². The van der Waals surface area contributed by atoms with E-state index in [-0.39, 0.29) is 66.5 Å². The lowest BCUT2D eigenvalue weighted by Gasteiger charge is -2.65. The highest BCUT2D eigenvalue weighted by Crippen LogP contribution is 2.71. The molecule has 75 heavy (non-hydrogen) atoms. The van der Waals surface area contributed by atoms with Crippen molar-refractivity contribution < 1.29 is 124 Å². The molecule has 0 aromatic carbocycles. The third kappa shape index (κ3) is 10.3. The topological polar surface area (TPSA) is 407 Å². The van der Waals surface area contributed by atoms with E-state index < -0.39 is 172 Å². The molecule has 5 aliphatic heterocycles. The number of hydrogen-bond donors (Lipinski definition) is 16. The number of hydrogen-bond acceptors (Lipinski definition) is 25. The monoisotopic (exact) mass is 1080 g/mol. The molecular weight excluding hydrogens is 1000 g/mol. The Morgan fingerprint density at radius 3 is 1.91 bits per heavy atom. The third-order valence-corrected chi connectivity index (χ3v) is 19.9. The molecule has 0 aromatic rings. The van der Waals surface area contributed by atoms with Gasteiger partial charge >= 0.3 is 0 Å². The molecule has 0 radical (unpaired) electrons. The van der Waals surface area contributed by atoms with E-state index in [9.17, 15) is 81.7 Å². The van der Waals surface area contributed by atoms with Crippen LogP contribution in [0, 0.1) is 46.3 Å². The zero-order chi connectivity index (χ0) is 54.4. The van der Waals surface area contributed by atoms with E-state index in [1.165, 1.54) is 0 Å². The van der Waals surface area contributed by atoms with Crippen molar-refractivity contribution in [1.29, 1.82) is 0 Å². The van der Waals surface area contributed by atoms with Crippen molar-refractivity contribution in [3.8, 4) is 0 Å². The van der Waals surface area contributed by atoms with Crippen LogP contribution >= 0.6 is 0 Å². The van der Waals surface area contributed by atoms with Crippen molar-refractivity contribution in [2.75, 3.05) is 33.0 Å². The van der Waals surface area contributed by atoms with Crippen LogP contribution in [0.4, 0.5) is 0 Å². The highest BCUT2D eigenvalue weighted by Gasteiger charge is 2.71. The van der Waals surface area contributed by atoms with Gasteiger partial charge in [0.25, 0.3) is 0 Å². The van der Waals surface area contributed by atoms with E-state index in [2.05, 4.69) is 6.92 Å². The van der Waals surface area contributed by atoms with Gasteiger partial charge in [0.1, 0.15) is 91.6 Å². The van der Waals surface area contributed by atoms with Gasteiger partial charge in [-0.1, -0.05) is 27.7 Å². The second-order valence-electron chi connectivity index (χ2n) is 24.1. The molecule has 0 amide bonds. The number of fused-ring (bicyclic) bond motifs is 7. The van der Waals surface area contributed by atoms with Crippen molar-refractivity contribution in [2.24, 2.45) is 46.3 Å². The van der Waals surface area contributed by atoms with Gasteiger partial charge in [0, 0.05) is 24.2 Å². The average molecular weight is 1090 g/mol. The van der Waals surface area contributed by atoms with E-state index in [1.807, 2.05) is 20.8 Å². The molecule has 1 unspecified atom stereocenters. The fourth-order valence-corrected chi connectivity index (χ4v) is 15.4. The number of rotatable bonds is 15. The molecule has 0 bridgehead atoms. The first-order valence-corrected chi connectivity index (χ1v) is 26.9. The number of aliphatic hydroxyl groups excluding tert-OH is 14. The first-order chi connectivity index (χ1) is 35.3. The Kier molecular flexibility index (Phi) is 17.5. The van der Waals surface area contributed by atoms with Crippen LogP contribution in [0.2, 0.25) is 0 Å². The van der Waals surface area contributed by atoms with E-state index in [0.29, 0.717) is 25.7 Å². The van der Waals surface area contributed by atoms with Crippen molar-refractivity contribution in [2.45, 2.75) is 232 Å². The van der Waals surface area contributed by atoms with Gasteiger partial charge < -0.3 is 124 Å². The third-order valence-electron chi connectivity index (χ3n) is 19.9. The summed E-state index contributed by atoms with van der Waals surface area (Å²) in [6.45, 7) is 5.74. The smallest absolute Gasteiger partial charge is 0.187 e. The van der Waals surface area contributed by atoms with Gasteiger partial charge in [-0.2, -0.15) is 0 Å². The molecule has 5 heterocycles. The maximum atomic E-state index is 12.7. The van der Waals surface area contributed by atoms with Crippen molar-refractivity contribution in [3.05, 3.63) is 0 Å². The van der Waals surface area contributed by atoms with Crippen LogP contribution in [-0.4, -0.2) is 261 Å². The minimum absolute atomic E-state index is 0.0196. The van der Waals surface area contributed by atoms with Crippen LogP contribution in [0.25, 0.3) is 0 Å². The molecule has 25 nitrogen and oxygen atoms in total. The van der Waals surface area contributed by atoms with Gasteiger partial charge in [0.2, 0.25) is 0 Å². The summed E-state index contributed by atoms with van der Waals surface area (Å²) in [6, 6.07) is 0. The zero-order valence-electron chi connectivity index (χ0n) is 42.9. The summed E-state index contributed by atoms with van der Waals surface area (Å²) < 4.78 is 52.4. The van der Waals surface area contributed by atoms with Gasteiger partial charge in [-0.3, -0.25) is 0 Å². The molecule has 9 rings (SSSR count). The highest BCUT2D eigenvalue weighted by molar-refractivity contribution is 5.18. The molecule has 16 N–H and O–H groups in total. The normalized spacial score (nSPS) is 56.4. The van der Waals surface area contributed by atoms with Crippen molar-refractivity contribution in [1.82, 2.24) is 0 Å². The SMILES string of the molecule is CC(CC[C@@]1(O)O[C@H]2C[C@H]3[C@@H]4CC[C@@]5(O)C[C@@H](O[C@@H]6O[C@H](CO)[C@H](O[C@@H]7O[C@H](CO)[C@@H](O)[C@H](O[C@@H]8OC[C@@H](O)[C@H](O)[C@H]8O)[C@H]7O)[C@H](O)[C@H]6O)[C@H](O)C[C@]5(C)[C@H]4CC[C@]3(C)[C@H]2[C@@H]1C)CO[C@@H]1O[C@H](CO)[C@@H](O)[C@H](O)[C@H]1O. The lowest BCUT2D eigenvalue weighted by atomic mass is 9.42. The summed E-state index contributed by atoms with van der Waals surface area (Å²) in [5.74, 6) is -1.24. The predicted molar refractivity (Wildman–Crippen MR) is 248 cm³/mol. The Balaban J connectivity index is 0.797. The molecule has 0 spiro atoms. The van der Waals surface area contributed by atoms with E-state index >= 15 is 0 Å². The quantitative estimate of drug-likeness (QED) is 0.0682. The largest absolute Gasteiger partial charge is 0.394 e. The van der Waals surface area contributed by atoms with Crippen LogP contribution < -0.4 is 0 Å². The number of aliphatic hydroxyl groups is 16. The van der Waals surface area contributed by atoms with Gasteiger partial charge in [0.05, 0.1) is 56.9 Å². The summed E-state index contributed by atoms with van der Waals surface area (Å²) in [7, 11) is 0. The molecule has 5 saturated heterocycles. The molecular formula is C50H84O25. The Hall–Kier alpha value is -1.00. The van der Waals surface area contributed by atoms with E-state index in [0.717, 1.165) is 19.3 Å². The first-order valence-electron chi connectivity index (χ1n) is 26.9. The molecule has 9 fully saturated rings. The highest BCUT2D eigenvalue weighted by atomic mass is 16.8. The Morgan fingerprint density at radius 1 is 0.600 bits per heavy atom. The maximum Gasteiger partial charge on any atom is 0.187 e. The zero-order valence-corrected chi connectivity index (χ0v) is 42.9.